The molecule has 38 heavy (non-hydrogen) atoms. The number of hydrazone groups is 1. The van der Waals surface area contributed by atoms with Crippen LogP contribution in [0.1, 0.15) is 50.2 Å². The number of benzene rings is 2. The molecule has 2 aliphatic heterocycles. The zero-order valence-corrected chi connectivity index (χ0v) is 21.9. The number of rotatable bonds is 7. The molecule has 2 aromatic carbocycles. The number of carbonyl (C=O) groups is 2. The highest BCUT2D eigenvalue weighted by molar-refractivity contribution is 7.15. The number of hydrogen-bond acceptors (Lipinski definition) is 7. The number of thiophene rings is 1. The van der Waals surface area contributed by atoms with E-state index in [-0.39, 0.29) is 11.7 Å². The van der Waals surface area contributed by atoms with E-state index >= 15 is 0 Å². The average molecular weight is 537 g/mol. The Morgan fingerprint density at radius 2 is 1.84 bits per heavy atom. The molecule has 0 aliphatic carbocycles. The summed E-state index contributed by atoms with van der Waals surface area (Å²) in [4.78, 5) is 28.3. The van der Waals surface area contributed by atoms with E-state index in [2.05, 4.69) is 20.7 Å². The maximum Gasteiger partial charge on any atom is 0.274 e. The number of likely N-dealkylation sites (tertiary alicyclic amines) is 1. The zero-order chi connectivity index (χ0) is 26.5. The summed E-state index contributed by atoms with van der Waals surface area (Å²) < 4.78 is 24.7. The van der Waals surface area contributed by atoms with E-state index in [1.165, 1.54) is 29.7 Å². The fraction of sp³-hybridized carbons (Fsp3) is 0.321. The average Bonchev–Trinajstić information content (AvgIpc) is 3.53. The summed E-state index contributed by atoms with van der Waals surface area (Å²) in [5.41, 5.74) is 5.77. The lowest BCUT2D eigenvalue weighted by molar-refractivity contribution is -0.185. The molecule has 2 fully saturated rings. The van der Waals surface area contributed by atoms with Crippen LogP contribution in [-0.4, -0.2) is 55.0 Å². The first-order valence-electron chi connectivity index (χ1n) is 12.5. The minimum Gasteiger partial charge on any atom is -0.347 e. The van der Waals surface area contributed by atoms with Crippen LogP contribution < -0.4 is 10.7 Å². The number of piperidine rings is 1. The topological polar surface area (TPSA) is 92.3 Å². The predicted octanol–water partition coefficient (Wildman–Crippen LogP) is 4.55. The van der Waals surface area contributed by atoms with E-state index < -0.39 is 11.7 Å². The van der Waals surface area contributed by atoms with Crippen molar-refractivity contribution in [3.63, 3.8) is 0 Å². The molecule has 2 N–H and O–H groups in total. The third-order valence-electron chi connectivity index (χ3n) is 6.71. The number of hydrogen-bond donors (Lipinski definition) is 2. The SMILES string of the molecule is Cc1csc(NC(=O)c2cccc(CN3CCC4(CC3)OCCO4)c2)c1C(=O)NN=Cc1ccc(F)cc1. The molecule has 10 heteroatoms. The monoisotopic (exact) mass is 536 g/mol. The van der Waals surface area contributed by atoms with E-state index in [9.17, 15) is 14.0 Å². The maximum absolute atomic E-state index is 13.1. The summed E-state index contributed by atoms with van der Waals surface area (Å²) in [6, 6.07) is 13.3. The van der Waals surface area contributed by atoms with Crippen LogP contribution in [0.5, 0.6) is 0 Å². The van der Waals surface area contributed by atoms with Crippen molar-refractivity contribution in [2.45, 2.75) is 32.1 Å². The molecule has 2 amide bonds. The van der Waals surface area contributed by atoms with E-state index in [1.807, 2.05) is 23.6 Å². The molecule has 0 radical (unpaired) electrons. The quantitative estimate of drug-likeness (QED) is 0.342. The van der Waals surface area contributed by atoms with Crippen molar-refractivity contribution in [3.8, 4) is 0 Å². The van der Waals surface area contributed by atoms with Gasteiger partial charge in [0, 0.05) is 38.0 Å². The molecule has 3 heterocycles. The highest BCUT2D eigenvalue weighted by Crippen LogP contribution is 2.32. The smallest absolute Gasteiger partial charge is 0.274 e. The number of carbonyl (C=O) groups excluding carboxylic acids is 2. The molecule has 0 atom stereocenters. The largest absolute Gasteiger partial charge is 0.347 e. The Balaban J connectivity index is 1.20. The van der Waals surface area contributed by atoms with Gasteiger partial charge in [-0.2, -0.15) is 5.10 Å². The number of aryl methyl sites for hydroxylation is 1. The van der Waals surface area contributed by atoms with Crippen molar-refractivity contribution in [3.05, 3.63) is 87.5 Å². The van der Waals surface area contributed by atoms with Gasteiger partial charge in [0.05, 0.1) is 25.0 Å². The first-order valence-corrected chi connectivity index (χ1v) is 13.4. The van der Waals surface area contributed by atoms with Crippen LogP contribution in [0.4, 0.5) is 9.39 Å². The highest BCUT2D eigenvalue weighted by atomic mass is 32.1. The van der Waals surface area contributed by atoms with Gasteiger partial charge in [-0.25, -0.2) is 9.82 Å². The number of nitrogens with one attached hydrogen (secondary N) is 2. The van der Waals surface area contributed by atoms with Crippen molar-refractivity contribution in [2.24, 2.45) is 5.10 Å². The predicted molar refractivity (Wildman–Crippen MR) is 144 cm³/mol. The van der Waals surface area contributed by atoms with Gasteiger partial charge in [0.25, 0.3) is 11.8 Å². The van der Waals surface area contributed by atoms with Gasteiger partial charge in [-0.05, 0) is 53.3 Å². The number of amides is 2. The molecule has 3 aromatic rings. The normalized spacial score (nSPS) is 17.2. The number of ether oxygens (including phenoxy) is 2. The third kappa shape index (κ3) is 6.16. The van der Waals surface area contributed by atoms with Gasteiger partial charge >= 0.3 is 0 Å². The summed E-state index contributed by atoms with van der Waals surface area (Å²) in [7, 11) is 0. The molecule has 1 aromatic heterocycles. The first-order chi connectivity index (χ1) is 18.4. The number of anilines is 1. The van der Waals surface area contributed by atoms with Gasteiger partial charge in [-0.15, -0.1) is 11.3 Å². The van der Waals surface area contributed by atoms with Gasteiger partial charge in [0.15, 0.2) is 5.79 Å². The Bertz CT molecular complexity index is 1320. The Hall–Kier alpha value is -3.44. The first kappa shape index (κ1) is 26.2. The highest BCUT2D eigenvalue weighted by Gasteiger charge is 2.39. The second kappa shape index (κ2) is 11.5. The Kier molecular flexibility index (Phi) is 7.94. The maximum atomic E-state index is 13.1. The minimum absolute atomic E-state index is 0.289. The Morgan fingerprint density at radius 1 is 1.11 bits per heavy atom. The lowest BCUT2D eigenvalue weighted by Gasteiger charge is -2.37. The van der Waals surface area contributed by atoms with Gasteiger partial charge in [-0.1, -0.05) is 24.3 Å². The molecular weight excluding hydrogens is 507 g/mol. The summed E-state index contributed by atoms with van der Waals surface area (Å²) in [6.45, 7) is 5.59. The van der Waals surface area contributed by atoms with Crippen LogP contribution >= 0.6 is 11.3 Å². The minimum atomic E-state index is -0.441. The molecular formula is C28H29FN4O4S. The molecule has 198 valence electrons. The van der Waals surface area contributed by atoms with Crippen molar-refractivity contribution in [1.82, 2.24) is 10.3 Å². The Labute approximate surface area is 224 Å². The van der Waals surface area contributed by atoms with Gasteiger partial charge in [0.1, 0.15) is 10.8 Å². The molecule has 1 spiro atoms. The van der Waals surface area contributed by atoms with Crippen LogP contribution in [-0.2, 0) is 16.0 Å². The van der Waals surface area contributed by atoms with Crippen LogP contribution in [0.25, 0.3) is 0 Å². The summed E-state index contributed by atoms with van der Waals surface area (Å²) in [5.74, 6) is -1.49. The number of nitrogens with zero attached hydrogens (tertiary/aromatic N) is 2. The fourth-order valence-electron chi connectivity index (χ4n) is 4.67. The van der Waals surface area contributed by atoms with Crippen molar-refractivity contribution in [2.75, 3.05) is 31.6 Å². The van der Waals surface area contributed by atoms with Crippen molar-refractivity contribution in [1.29, 1.82) is 0 Å². The molecule has 5 rings (SSSR count). The van der Waals surface area contributed by atoms with Crippen molar-refractivity contribution >= 4 is 34.4 Å². The molecule has 0 bridgehead atoms. The molecule has 8 nitrogen and oxygen atoms in total. The summed E-state index contributed by atoms with van der Waals surface area (Å²) in [6.07, 6.45) is 3.10. The molecule has 0 saturated carbocycles. The van der Waals surface area contributed by atoms with E-state index in [0.29, 0.717) is 34.9 Å². The van der Waals surface area contributed by atoms with Gasteiger partial charge < -0.3 is 14.8 Å². The lowest BCUT2D eigenvalue weighted by Crippen LogP contribution is -2.44. The molecule has 0 unspecified atom stereocenters. The van der Waals surface area contributed by atoms with Crippen LogP contribution in [0, 0.1) is 12.7 Å². The number of halogens is 1. The lowest BCUT2D eigenvalue weighted by atomic mass is 10.0. The molecule has 2 aliphatic rings. The standard InChI is InChI=1S/C28H29FN4O4S/c1-19-18-38-27(24(19)26(35)32-30-16-20-5-7-23(29)8-6-20)31-25(34)22-4-2-3-21(15-22)17-33-11-9-28(10-12-33)36-13-14-37-28/h2-8,15-16,18H,9-14,17H2,1H3,(H,31,34)(H,32,35). The van der Waals surface area contributed by atoms with E-state index in [0.717, 1.165) is 43.6 Å². The van der Waals surface area contributed by atoms with E-state index in [1.54, 1.807) is 25.1 Å². The van der Waals surface area contributed by atoms with Crippen LogP contribution in [0.15, 0.2) is 59.0 Å². The molecule has 2 saturated heterocycles. The van der Waals surface area contributed by atoms with Gasteiger partial charge in [0.2, 0.25) is 0 Å². The van der Waals surface area contributed by atoms with Crippen LogP contribution in [0.2, 0.25) is 0 Å². The van der Waals surface area contributed by atoms with Gasteiger partial charge in [-0.3, -0.25) is 14.5 Å². The second-order valence-corrected chi connectivity index (χ2v) is 10.3. The van der Waals surface area contributed by atoms with Crippen molar-refractivity contribution < 1.29 is 23.5 Å². The van der Waals surface area contributed by atoms with Crippen LogP contribution in [0.3, 0.4) is 0 Å². The summed E-state index contributed by atoms with van der Waals surface area (Å²) in [5, 5.41) is 9.11. The fourth-order valence-corrected chi connectivity index (χ4v) is 5.61. The summed E-state index contributed by atoms with van der Waals surface area (Å²) >= 11 is 1.28. The second-order valence-electron chi connectivity index (χ2n) is 9.41. The Morgan fingerprint density at radius 3 is 2.58 bits per heavy atom. The third-order valence-corrected chi connectivity index (χ3v) is 7.72. The zero-order valence-electron chi connectivity index (χ0n) is 21.0. The van der Waals surface area contributed by atoms with E-state index in [4.69, 9.17) is 9.47 Å².